The molecule has 0 aromatic carbocycles. The van der Waals surface area contributed by atoms with Gasteiger partial charge in [-0.1, -0.05) is 0 Å². The number of carbonyl (C=O) groups is 1. The van der Waals surface area contributed by atoms with Gasteiger partial charge < -0.3 is 9.64 Å². The van der Waals surface area contributed by atoms with E-state index in [0.717, 1.165) is 24.3 Å². The first kappa shape index (κ1) is 16.9. The maximum Gasteiger partial charge on any atom is 0.255 e. The smallest absolute Gasteiger partial charge is 0.255 e. The van der Waals surface area contributed by atoms with Gasteiger partial charge in [-0.05, 0) is 81.6 Å². The van der Waals surface area contributed by atoms with Gasteiger partial charge in [-0.2, -0.15) is 0 Å². The average Bonchev–Trinajstić information content (AvgIpc) is 2.52. The number of carbonyl (C=O) groups excluding carboxylic acids is 1. The highest BCUT2D eigenvalue weighted by molar-refractivity contribution is 5.93. The van der Waals surface area contributed by atoms with Crippen molar-refractivity contribution in [3.63, 3.8) is 0 Å². The monoisotopic (exact) mass is 342 g/mol. The molecule has 25 heavy (non-hydrogen) atoms. The van der Waals surface area contributed by atoms with E-state index >= 15 is 0 Å². The molecule has 0 radical (unpaired) electrons. The zero-order chi connectivity index (χ0) is 17.6. The van der Waals surface area contributed by atoms with Crippen LogP contribution in [0.3, 0.4) is 0 Å². The molecule has 4 aliphatic carbocycles. The predicted octanol–water partition coefficient (Wildman–Crippen LogP) is 4.16. The van der Waals surface area contributed by atoms with Crippen LogP contribution in [-0.2, 0) is 0 Å². The molecule has 1 aromatic rings. The minimum atomic E-state index is 0.0827. The Balaban J connectivity index is 1.42. The van der Waals surface area contributed by atoms with Crippen molar-refractivity contribution in [2.24, 2.45) is 23.2 Å². The molecule has 4 aliphatic rings. The number of ether oxygens (including phenoxy) is 1. The second-order valence-corrected chi connectivity index (χ2v) is 9.13. The van der Waals surface area contributed by atoms with Gasteiger partial charge >= 0.3 is 0 Å². The van der Waals surface area contributed by atoms with E-state index in [2.05, 4.69) is 4.98 Å². The first-order chi connectivity index (χ1) is 11.9. The molecule has 0 N–H and O–H groups in total. The van der Waals surface area contributed by atoms with Crippen molar-refractivity contribution in [2.75, 3.05) is 13.6 Å². The van der Waals surface area contributed by atoms with Crippen LogP contribution in [0, 0.1) is 23.2 Å². The lowest BCUT2D eigenvalue weighted by Gasteiger charge is -2.57. The van der Waals surface area contributed by atoms with E-state index in [0.29, 0.717) is 16.9 Å². The fourth-order valence-electron chi connectivity index (χ4n) is 6.10. The molecule has 1 aromatic heterocycles. The second-order valence-electron chi connectivity index (χ2n) is 9.13. The van der Waals surface area contributed by atoms with Crippen molar-refractivity contribution in [3.05, 3.63) is 23.9 Å². The number of hydrogen-bond acceptors (Lipinski definition) is 3. The largest absolute Gasteiger partial charge is 0.475 e. The summed E-state index contributed by atoms with van der Waals surface area (Å²) in [5, 5.41) is 0. The van der Waals surface area contributed by atoms with Gasteiger partial charge in [0, 0.05) is 25.9 Å². The van der Waals surface area contributed by atoms with E-state index in [1.807, 2.05) is 31.9 Å². The van der Waals surface area contributed by atoms with E-state index in [9.17, 15) is 4.79 Å². The molecule has 4 heteroatoms. The molecule has 4 fully saturated rings. The topological polar surface area (TPSA) is 42.4 Å². The van der Waals surface area contributed by atoms with E-state index < -0.39 is 0 Å². The summed E-state index contributed by atoms with van der Waals surface area (Å²) < 4.78 is 5.56. The first-order valence-corrected chi connectivity index (χ1v) is 9.81. The van der Waals surface area contributed by atoms with Gasteiger partial charge in [0.05, 0.1) is 11.7 Å². The van der Waals surface area contributed by atoms with E-state index in [1.165, 1.54) is 38.5 Å². The molecule has 4 nitrogen and oxygen atoms in total. The van der Waals surface area contributed by atoms with Crippen LogP contribution in [0.5, 0.6) is 5.88 Å². The number of hydrogen-bond donors (Lipinski definition) is 0. The van der Waals surface area contributed by atoms with Crippen molar-refractivity contribution >= 4 is 5.91 Å². The van der Waals surface area contributed by atoms with Crippen molar-refractivity contribution in [1.29, 1.82) is 0 Å². The Kier molecular flexibility index (Phi) is 4.25. The van der Waals surface area contributed by atoms with Gasteiger partial charge in [-0.15, -0.1) is 0 Å². The number of nitrogens with zero attached hydrogens (tertiary/aromatic N) is 2. The van der Waals surface area contributed by atoms with E-state index in [4.69, 9.17) is 4.74 Å². The van der Waals surface area contributed by atoms with Crippen LogP contribution in [0.4, 0.5) is 0 Å². The Morgan fingerprint density at radius 2 is 1.80 bits per heavy atom. The lowest BCUT2D eigenvalue weighted by atomic mass is 9.49. The summed E-state index contributed by atoms with van der Waals surface area (Å²) in [6, 6.07) is 3.63. The molecular weight excluding hydrogens is 312 g/mol. The molecule has 0 saturated heterocycles. The quantitative estimate of drug-likeness (QED) is 0.807. The summed E-state index contributed by atoms with van der Waals surface area (Å²) in [5.74, 6) is 3.42. The molecule has 4 saturated carbocycles. The zero-order valence-corrected chi connectivity index (χ0v) is 15.7. The van der Waals surface area contributed by atoms with Crippen LogP contribution in [0.1, 0.15) is 62.7 Å². The maximum atomic E-state index is 12.8. The molecule has 0 aliphatic heterocycles. The Labute approximate surface area is 151 Å². The highest BCUT2D eigenvalue weighted by Crippen LogP contribution is 2.60. The predicted molar refractivity (Wildman–Crippen MR) is 97.6 cm³/mol. The molecule has 136 valence electrons. The minimum Gasteiger partial charge on any atom is -0.475 e. The third-order valence-corrected chi connectivity index (χ3v) is 6.42. The molecule has 0 spiro atoms. The number of amides is 1. The van der Waals surface area contributed by atoms with Gasteiger partial charge in [-0.3, -0.25) is 4.79 Å². The molecule has 4 bridgehead atoms. The summed E-state index contributed by atoms with van der Waals surface area (Å²) in [4.78, 5) is 19.1. The normalized spacial score (nSPS) is 32.9. The van der Waals surface area contributed by atoms with Crippen molar-refractivity contribution in [1.82, 2.24) is 9.88 Å². The van der Waals surface area contributed by atoms with Crippen molar-refractivity contribution in [3.8, 4) is 5.88 Å². The van der Waals surface area contributed by atoms with Crippen molar-refractivity contribution < 1.29 is 9.53 Å². The molecular formula is C21H30N2O2. The highest BCUT2D eigenvalue weighted by Gasteiger charge is 2.51. The summed E-state index contributed by atoms with van der Waals surface area (Å²) >= 11 is 0. The lowest BCUT2D eigenvalue weighted by molar-refractivity contribution is -0.0629. The molecule has 1 heterocycles. The second kappa shape index (κ2) is 6.30. The summed E-state index contributed by atoms with van der Waals surface area (Å²) in [7, 11) is 1.96. The van der Waals surface area contributed by atoms with Crippen LogP contribution in [0.25, 0.3) is 0 Å². The zero-order valence-electron chi connectivity index (χ0n) is 15.7. The number of rotatable bonds is 5. The Bertz CT molecular complexity index is 603. The van der Waals surface area contributed by atoms with Gasteiger partial charge in [0.25, 0.3) is 5.91 Å². The van der Waals surface area contributed by atoms with Crippen LogP contribution in [0.15, 0.2) is 18.3 Å². The lowest BCUT2D eigenvalue weighted by Crippen LogP contribution is -2.51. The summed E-state index contributed by atoms with van der Waals surface area (Å²) in [6.07, 6.45) is 10.1. The first-order valence-electron chi connectivity index (χ1n) is 9.81. The fraction of sp³-hybridized carbons (Fsp3) is 0.714. The van der Waals surface area contributed by atoms with Gasteiger partial charge in [0.1, 0.15) is 0 Å². The van der Waals surface area contributed by atoms with Gasteiger partial charge in [-0.25, -0.2) is 4.98 Å². The minimum absolute atomic E-state index is 0.0827. The van der Waals surface area contributed by atoms with Crippen LogP contribution >= 0.6 is 0 Å². The maximum absolute atomic E-state index is 12.8. The van der Waals surface area contributed by atoms with E-state index in [-0.39, 0.29) is 12.0 Å². The van der Waals surface area contributed by atoms with Crippen molar-refractivity contribution in [2.45, 2.75) is 58.5 Å². The van der Waals surface area contributed by atoms with Crippen LogP contribution in [0.2, 0.25) is 0 Å². The molecule has 0 unspecified atom stereocenters. The fourth-order valence-corrected chi connectivity index (χ4v) is 6.10. The highest BCUT2D eigenvalue weighted by atomic mass is 16.5. The Hall–Kier alpha value is -1.58. The molecule has 0 atom stereocenters. The van der Waals surface area contributed by atoms with Crippen LogP contribution in [-0.4, -0.2) is 35.5 Å². The number of pyridine rings is 1. The summed E-state index contributed by atoms with van der Waals surface area (Å²) in [5.41, 5.74) is 1.04. The van der Waals surface area contributed by atoms with Crippen LogP contribution < -0.4 is 4.74 Å². The average molecular weight is 342 g/mol. The van der Waals surface area contributed by atoms with Gasteiger partial charge in [0.2, 0.25) is 5.88 Å². The molecule has 1 amide bonds. The molecule has 5 rings (SSSR count). The Morgan fingerprint density at radius 3 is 2.28 bits per heavy atom. The SMILES string of the molecule is CC(C)Oc1ccc(C(=O)N(C)CC23CC4CC(CC(C4)C2)C3)cn1. The number of aromatic nitrogens is 1. The third kappa shape index (κ3) is 3.40. The summed E-state index contributed by atoms with van der Waals surface area (Å²) in [6.45, 7) is 4.85. The standard InChI is InChI=1S/C21H30N2O2/c1-14(2)25-19-5-4-18(12-22-19)20(24)23(3)13-21-9-15-6-16(10-21)8-17(7-15)11-21/h4-5,12,14-17H,6-11,13H2,1-3H3. The van der Waals surface area contributed by atoms with E-state index in [1.54, 1.807) is 12.3 Å². The van der Waals surface area contributed by atoms with Gasteiger partial charge in [0.15, 0.2) is 0 Å². The Morgan fingerprint density at radius 1 is 1.20 bits per heavy atom. The third-order valence-electron chi connectivity index (χ3n) is 6.42.